The van der Waals surface area contributed by atoms with Gasteiger partial charge in [-0.05, 0) is 0 Å². The maximum atomic E-state index is 13.1. The Kier molecular flexibility index (Phi) is 64.3. The van der Waals surface area contributed by atoms with Crippen LogP contribution in [0.2, 0.25) is 0 Å². The summed E-state index contributed by atoms with van der Waals surface area (Å²) in [4.78, 5) is 25.9. The molecule has 0 aliphatic carbocycles. The van der Waals surface area contributed by atoms with E-state index in [0.29, 0.717) is 21.3 Å². The van der Waals surface area contributed by atoms with Crippen LogP contribution in [0, 0.1) is 0 Å². The monoisotopic (exact) mass is 1860 g/mol. The van der Waals surface area contributed by atoms with Gasteiger partial charge in [0, 0.05) is 21.3 Å². The predicted octanol–water partition coefficient (Wildman–Crippen LogP) is -50.0. The van der Waals surface area contributed by atoms with Crippen LogP contribution in [-0.4, -0.2) is 339 Å². The molecule has 0 aromatic rings. The van der Waals surface area contributed by atoms with Crippen LogP contribution in [0.3, 0.4) is 0 Å². The van der Waals surface area contributed by atoms with Gasteiger partial charge in [0.25, 0.3) is 0 Å². The van der Waals surface area contributed by atoms with Crippen LogP contribution >= 0.6 is 0 Å². The number of carbonyl (C=O) groups excluding carboxylic acids is 2. The molecule has 0 amide bonds. The van der Waals surface area contributed by atoms with E-state index in [4.69, 9.17) is 56.8 Å². The molecule has 5 fully saturated rings. The molecule has 5 rings (SSSR count). The number of carboxylic acids is 2. The third kappa shape index (κ3) is 42.2. The van der Waals surface area contributed by atoms with Crippen molar-refractivity contribution < 1.29 is 571 Å². The summed E-state index contributed by atoms with van der Waals surface area (Å²) in [5.41, 5.74) is 0. The van der Waals surface area contributed by atoms with Gasteiger partial charge in [0.15, 0.2) is 55.9 Å². The Bertz CT molecular complexity index is 3840. The molecule has 55 nitrogen and oxygen atoms in total. The standard InChI is InChI=1S/C33H54O55S9.11Na/c1-68-15-12(36)29(81-22(27(37)38)18(15)79-31-16(83-92(50,51)52)11(35)10(34)7(74-31)4-71-89(41,42)43)77-13-9(6-73-91(47,48)49)76-32(26(88-97(65,66)67)21(13)85-94(56,57)58)80-19-17(69-2)24(86-95(59,60)61)33(82-23(19)28(39)40)78-14-8(5-72-90(44,45)46)75-30(70-3)25(87-96(62,63)64)20(14)84-93(53,54)55;;;;;;;;;;;/h7-26,29-36H,4-6H2,1-3H3,(H,37,38)(H,39,40)(H,41,42,43)(H,44,45,46)(H,47,48,49)(H,50,51,52)(H,53,54,55)(H,56,57,58)(H,59,60,61)(H,62,63,64)(H,65,66,67);;;;;;;;;;;/q;11*+1/p-11/t7-,8-,9-,10-,11+,12-,13-,14-,15-,16-,17+,18+,19+,20+,21+,22+,23-,24-,25-,26-,29-,30+,31-,32-,33-;;;;;;;;;;;/m1.........../s1. The van der Waals surface area contributed by atoms with E-state index in [-0.39, 0.29) is 325 Å². The zero-order valence-electron chi connectivity index (χ0n) is 57.8. The molecular weight excluding hydrogens is 1820 g/mol. The van der Waals surface area contributed by atoms with Crippen LogP contribution in [0.4, 0.5) is 0 Å². The van der Waals surface area contributed by atoms with Gasteiger partial charge in [-0.25, -0.2) is 75.8 Å². The molecule has 5 aliphatic rings. The molecule has 0 aromatic carbocycles. The first kappa shape index (κ1) is 129. The molecule has 108 heavy (non-hydrogen) atoms. The number of hydrogen-bond donors (Lipinski definition) is 3. The van der Waals surface area contributed by atoms with E-state index in [1.807, 2.05) is 0 Å². The van der Waals surface area contributed by atoms with Gasteiger partial charge in [0.05, 0.1) is 31.8 Å². The molecule has 0 bridgehead atoms. The smallest absolute Gasteiger partial charge is 0.726 e. The second-order valence-corrected chi connectivity index (χ2v) is 28.2. The molecule has 5 aliphatic heterocycles. The van der Waals surface area contributed by atoms with E-state index in [1.165, 1.54) is 0 Å². The largest absolute Gasteiger partial charge is 1.00 e. The second kappa shape index (κ2) is 53.7. The summed E-state index contributed by atoms with van der Waals surface area (Å²) in [6, 6.07) is 0. The van der Waals surface area contributed by atoms with Gasteiger partial charge < -0.3 is 133 Å². The van der Waals surface area contributed by atoms with Crippen LogP contribution in [0.15, 0.2) is 0 Å². The Hall–Kier alpha value is 8.17. The second-order valence-electron chi connectivity index (χ2n) is 19.0. The fourth-order valence-corrected chi connectivity index (χ4v) is 13.2. The van der Waals surface area contributed by atoms with Crippen molar-refractivity contribution in [2.24, 2.45) is 0 Å². The summed E-state index contributed by atoms with van der Waals surface area (Å²) in [5, 5.41) is 58.8. The van der Waals surface area contributed by atoms with Crippen molar-refractivity contribution in [3.63, 3.8) is 0 Å². The number of ether oxygens (including phenoxy) is 12. The number of rotatable bonds is 34. The van der Waals surface area contributed by atoms with Crippen LogP contribution in [0.5, 0.6) is 0 Å². The molecule has 75 heteroatoms. The topological polar surface area (TPSA) is 850 Å². The number of aliphatic carboxylic acids is 2. The number of carboxylic acid groups (broad SMARTS) is 2. The van der Waals surface area contributed by atoms with Crippen LogP contribution in [0.25, 0.3) is 0 Å². The minimum atomic E-state index is -6.75. The van der Waals surface area contributed by atoms with Gasteiger partial charge in [0.1, 0.15) is 97.7 Å². The number of aliphatic hydroxyl groups is 3. The van der Waals surface area contributed by atoms with E-state index in [1.54, 1.807) is 0 Å². The van der Waals surface area contributed by atoms with Gasteiger partial charge in [-0.3, -0.25) is 37.6 Å². The molecule has 0 spiro atoms. The number of hydrogen-bond acceptors (Lipinski definition) is 55. The molecule has 5 saturated heterocycles. The van der Waals surface area contributed by atoms with E-state index in [9.17, 15) is 152 Å². The SMILES string of the molecule is CO[C@H]1O[C@H](COS(=O)(=O)[O-])[C@@H](O[C@@H]2O[C@@H](C(=O)[O-])[C@@H](O[C@H]3O[C@H](COS(=O)(=O)[O-])[C@@H](O[C@@H]4O[C@H](C(=O)[O-])[C@@H](O[C@H]5O[C@H](COS(=O)(=O)[O-])[C@@H](O)[C@H](O)[C@H]5OS(=O)(=O)[O-])[C@H](OC)[C@H]4O)[C@H](OS(=O)(=O)[O-])[C@H]3OS(=O)(=O)[O-])[C@H](OC)[C@H]2OS(=O)(=O)[O-])[C@H](OS(=O)(=O)[O-])[C@H]1OS(=O)(=O)[O-].[Na+].[Na+].[Na+].[Na+].[Na+].[Na+].[Na+].[Na+].[Na+].[Na+].[Na+]. The number of aliphatic hydroxyl groups excluding tert-OH is 3. The third-order valence-electron chi connectivity index (χ3n) is 12.8. The first-order valence-electron chi connectivity index (χ1n) is 24.5. The van der Waals surface area contributed by atoms with Crippen molar-refractivity contribution in [3.05, 3.63) is 0 Å². The molecule has 0 unspecified atom stereocenters. The zero-order valence-corrected chi connectivity index (χ0v) is 87.1. The van der Waals surface area contributed by atoms with Crippen molar-refractivity contribution >= 4 is 106 Å². The van der Waals surface area contributed by atoms with Crippen molar-refractivity contribution in [3.8, 4) is 0 Å². The van der Waals surface area contributed by atoms with Crippen molar-refractivity contribution in [2.45, 2.75) is 154 Å². The van der Waals surface area contributed by atoms with Gasteiger partial charge in [-0.15, -0.1) is 0 Å². The van der Waals surface area contributed by atoms with Crippen LogP contribution in [0.1, 0.15) is 0 Å². The van der Waals surface area contributed by atoms with Crippen molar-refractivity contribution in [1.82, 2.24) is 0 Å². The maximum absolute atomic E-state index is 13.1. The molecular formula is C33H43Na11O55S9. The number of methoxy groups -OCH3 is 3. The first-order chi connectivity index (χ1) is 43.9. The fourth-order valence-electron chi connectivity index (χ4n) is 9.40. The van der Waals surface area contributed by atoms with E-state index in [0.717, 1.165) is 0 Å². The zero-order chi connectivity index (χ0) is 74.1. The van der Waals surface area contributed by atoms with E-state index < -0.39 is 279 Å². The fraction of sp³-hybridized carbons (Fsp3) is 0.939. The Morgan fingerprint density at radius 2 is 0.528 bits per heavy atom. The number of carbonyl (C=O) groups is 2. The average molecular weight is 1860 g/mol. The summed E-state index contributed by atoms with van der Waals surface area (Å²) in [6.45, 7) is -5.70. The molecule has 3 N–H and O–H groups in total. The summed E-state index contributed by atoms with van der Waals surface area (Å²) >= 11 is 0. The molecule has 570 valence electrons. The summed E-state index contributed by atoms with van der Waals surface area (Å²) in [7, 11) is -55.6. The Balaban J connectivity index is -0.00000185. The quantitative estimate of drug-likeness (QED) is 0.0306. The molecule has 0 saturated carbocycles. The van der Waals surface area contributed by atoms with Gasteiger partial charge >= 0.3 is 325 Å². The molecule has 5 heterocycles. The van der Waals surface area contributed by atoms with Gasteiger partial charge in [-0.1, -0.05) is 0 Å². The Morgan fingerprint density at radius 3 is 0.852 bits per heavy atom. The minimum Gasteiger partial charge on any atom is -0.726 e. The predicted molar refractivity (Wildman–Crippen MR) is 254 cm³/mol. The molecule has 25 atom stereocenters. The van der Waals surface area contributed by atoms with E-state index in [2.05, 4.69) is 37.6 Å². The Labute approximate surface area is 856 Å². The van der Waals surface area contributed by atoms with Gasteiger partial charge in [-0.2, -0.15) is 0 Å². The maximum Gasteiger partial charge on any atom is 1.00 e. The Morgan fingerprint density at radius 1 is 0.278 bits per heavy atom. The molecule has 0 aromatic heterocycles. The van der Waals surface area contributed by atoms with E-state index >= 15 is 0 Å². The molecule has 0 radical (unpaired) electrons. The van der Waals surface area contributed by atoms with Crippen LogP contribution in [-0.2, 0) is 198 Å². The first-order valence-corrected chi connectivity index (χ1v) is 36.5. The van der Waals surface area contributed by atoms with Gasteiger partial charge in [0.2, 0.25) is 93.6 Å². The average Bonchev–Trinajstić information content (AvgIpc) is 0.751. The van der Waals surface area contributed by atoms with Crippen LogP contribution < -0.4 is 335 Å². The summed E-state index contributed by atoms with van der Waals surface area (Å²) < 4.78 is 423. The van der Waals surface area contributed by atoms with Crippen molar-refractivity contribution in [2.75, 3.05) is 41.2 Å². The third-order valence-corrected chi connectivity index (χ3v) is 16.8. The van der Waals surface area contributed by atoms with Crippen molar-refractivity contribution in [1.29, 1.82) is 0 Å². The minimum absolute atomic E-state index is 0. The summed E-state index contributed by atoms with van der Waals surface area (Å²) in [6.07, 6.45) is -77.1. The summed E-state index contributed by atoms with van der Waals surface area (Å²) in [5.74, 6) is -5.55. The normalized spacial score (nSPS) is 33.4.